The number of halogens is 1. The van der Waals surface area contributed by atoms with Crippen LogP contribution in [-0.4, -0.2) is 51.9 Å². The zero-order valence-corrected chi connectivity index (χ0v) is 20.8. The number of nitrogens with zero attached hydrogens (tertiary/aromatic N) is 3. The van der Waals surface area contributed by atoms with Crippen LogP contribution in [0.1, 0.15) is 25.3 Å². The molecule has 1 heterocycles. The van der Waals surface area contributed by atoms with Crippen molar-refractivity contribution in [2.45, 2.75) is 24.7 Å². The summed E-state index contributed by atoms with van der Waals surface area (Å²) in [6.45, 7) is 5.55. The van der Waals surface area contributed by atoms with Crippen LogP contribution >= 0.6 is 0 Å². The summed E-state index contributed by atoms with van der Waals surface area (Å²) in [7, 11) is -3.95. The fourth-order valence-electron chi connectivity index (χ4n) is 4.19. The van der Waals surface area contributed by atoms with Crippen LogP contribution < -0.4 is 9.21 Å². The van der Waals surface area contributed by atoms with E-state index in [9.17, 15) is 17.6 Å². The molecule has 4 rings (SSSR count). The lowest BCUT2D eigenvalue weighted by Crippen LogP contribution is -2.52. The second-order valence-corrected chi connectivity index (χ2v) is 10.8. The van der Waals surface area contributed by atoms with Gasteiger partial charge >= 0.3 is 0 Å². The van der Waals surface area contributed by atoms with E-state index in [1.165, 1.54) is 22.5 Å². The van der Waals surface area contributed by atoms with Gasteiger partial charge in [0.1, 0.15) is 12.4 Å². The Hall–Kier alpha value is -3.39. The number of piperazine rings is 1. The third-order valence-electron chi connectivity index (χ3n) is 6.28. The van der Waals surface area contributed by atoms with E-state index in [1.54, 1.807) is 53.4 Å². The third kappa shape index (κ3) is 5.48. The normalized spacial score (nSPS) is 14.3. The predicted octanol–water partition coefficient (Wildman–Crippen LogP) is 4.49. The molecule has 0 saturated carbocycles. The Balaban J connectivity index is 1.54. The summed E-state index contributed by atoms with van der Waals surface area (Å²) in [5, 5.41) is 0. The number of amides is 1. The molecular weight excluding hydrogens is 465 g/mol. The smallest absolute Gasteiger partial charge is 0.264 e. The second-order valence-electron chi connectivity index (χ2n) is 8.89. The van der Waals surface area contributed by atoms with Crippen molar-refractivity contribution in [3.05, 3.63) is 90.2 Å². The minimum absolute atomic E-state index is 0.130. The van der Waals surface area contributed by atoms with Gasteiger partial charge in [0.25, 0.3) is 10.0 Å². The zero-order valence-electron chi connectivity index (χ0n) is 20.0. The van der Waals surface area contributed by atoms with Crippen molar-refractivity contribution in [1.29, 1.82) is 0 Å². The fourth-order valence-corrected chi connectivity index (χ4v) is 5.62. The zero-order chi connectivity index (χ0) is 25.0. The average molecular weight is 496 g/mol. The van der Waals surface area contributed by atoms with E-state index in [-0.39, 0.29) is 23.2 Å². The van der Waals surface area contributed by atoms with Crippen molar-refractivity contribution < 1.29 is 17.6 Å². The van der Waals surface area contributed by atoms with Crippen molar-refractivity contribution in [1.82, 2.24) is 4.90 Å². The van der Waals surface area contributed by atoms with Gasteiger partial charge in [-0.3, -0.25) is 9.10 Å². The van der Waals surface area contributed by atoms with Crippen LogP contribution in [0.15, 0.2) is 83.8 Å². The summed E-state index contributed by atoms with van der Waals surface area (Å²) in [5.41, 5.74) is 2.04. The predicted molar refractivity (Wildman–Crippen MR) is 137 cm³/mol. The van der Waals surface area contributed by atoms with Gasteiger partial charge in [-0.25, -0.2) is 12.8 Å². The van der Waals surface area contributed by atoms with E-state index in [4.69, 9.17) is 0 Å². The van der Waals surface area contributed by atoms with Crippen LogP contribution in [0.25, 0.3) is 0 Å². The number of benzene rings is 3. The summed E-state index contributed by atoms with van der Waals surface area (Å²) < 4.78 is 42.4. The molecule has 3 aromatic rings. The molecule has 1 amide bonds. The van der Waals surface area contributed by atoms with Crippen LogP contribution in [0, 0.1) is 5.82 Å². The highest BCUT2D eigenvalue weighted by Gasteiger charge is 2.30. The molecule has 1 aliphatic heterocycles. The number of rotatable bonds is 7. The van der Waals surface area contributed by atoms with E-state index in [0.717, 1.165) is 5.56 Å². The minimum atomic E-state index is -3.95. The summed E-state index contributed by atoms with van der Waals surface area (Å²) in [6.07, 6.45) is 0. The monoisotopic (exact) mass is 495 g/mol. The molecule has 0 radical (unpaired) electrons. The SMILES string of the molecule is CC(C)c1ccc(N(CC(=O)N2CCN(c3ccccc3F)CC2)S(=O)(=O)c2ccccc2)cc1. The summed E-state index contributed by atoms with van der Waals surface area (Å²) in [4.78, 5) is 17.0. The highest BCUT2D eigenvalue weighted by Crippen LogP contribution is 2.26. The molecule has 0 aromatic heterocycles. The van der Waals surface area contributed by atoms with Gasteiger partial charge in [0.05, 0.1) is 16.3 Å². The van der Waals surface area contributed by atoms with Crippen molar-refractivity contribution >= 4 is 27.3 Å². The van der Waals surface area contributed by atoms with Crippen LogP contribution in [0.3, 0.4) is 0 Å². The van der Waals surface area contributed by atoms with E-state index in [2.05, 4.69) is 13.8 Å². The minimum Gasteiger partial charge on any atom is -0.366 e. The topological polar surface area (TPSA) is 60.9 Å². The molecule has 35 heavy (non-hydrogen) atoms. The molecule has 0 spiro atoms. The first kappa shape index (κ1) is 24.7. The van der Waals surface area contributed by atoms with Gasteiger partial charge in [-0.2, -0.15) is 0 Å². The molecule has 6 nitrogen and oxygen atoms in total. The quantitative estimate of drug-likeness (QED) is 0.485. The first-order valence-electron chi connectivity index (χ1n) is 11.7. The lowest BCUT2D eigenvalue weighted by Gasteiger charge is -2.37. The first-order chi connectivity index (χ1) is 16.8. The Labute approximate surface area is 206 Å². The molecule has 0 unspecified atom stereocenters. The molecule has 0 atom stereocenters. The molecular formula is C27H30FN3O3S. The Morgan fingerprint density at radius 2 is 1.49 bits per heavy atom. The van der Waals surface area contributed by atoms with E-state index in [0.29, 0.717) is 43.5 Å². The van der Waals surface area contributed by atoms with E-state index >= 15 is 0 Å². The molecule has 0 aliphatic carbocycles. The number of carbonyl (C=O) groups excluding carboxylic acids is 1. The number of sulfonamides is 1. The first-order valence-corrected chi connectivity index (χ1v) is 13.2. The van der Waals surface area contributed by atoms with Crippen molar-refractivity contribution in [3.8, 4) is 0 Å². The van der Waals surface area contributed by atoms with Gasteiger partial charge < -0.3 is 9.80 Å². The molecule has 1 saturated heterocycles. The standard InChI is InChI=1S/C27H30FN3O3S/c1-21(2)22-12-14-23(15-13-22)31(35(33,34)24-8-4-3-5-9-24)20-27(32)30-18-16-29(17-19-30)26-11-7-6-10-25(26)28/h3-15,21H,16-20H2,1-2H3. The summed E-state index contributed by atoms with van der Waals surface area (Å²) in [5.74, 6) is -0.279. The number of para-hydroxylation sites is 1. The van der Waals surface area contributed by atoms with Gasteiger partial charge in [0.15, 0.2) is 0 Å². The average Bonchev–Trinajstić information content (AvgIpc) is 2.88. The maximum Gasteiger partial charge on any atom is 0.264 e. The highest BCUT2D eigenvalue weighted by atomic mass is 32.2. The molecule has 3 aromatic carbocycles. The lowest BCUT2D eigenvalue weighted by molar-refractivity contribution is -0.129. The maximum absolute atomic E-state index is 14.2. The van der Waals surface area contributed by atoms with Crippen LogP contribution in [-0.2, 0) is 14.8 Å². The Morgan fingerprint density at radius 1 is 0.886 bits per heavy atom. The van der Waals surface area contributed by atoms with Gasteiger partial charge in [-0.05, 0) is 47.9 Å². The Kier molecular flexibility index (Phi) is 7.40. The van der Waals surface area contributed by atoms with Gasteiger partial charge in [0.2, 0.25) is 5.91 Å². The van der Waals surface area contributed by atoms with Crippen LogP contribution in [0.4, 0.5) is 15.8 Å². The summed E-state index contributed by atoms with van der Waals surface area (Å²) >= 11 is 0. The highest BCUT2D eigenvalue weighted by molar-refractivity contribution is 7.92. The van der Waals surface area contributed by atoms with Crippen molar-refractivity contribution in [2.24, 2.45) is 0 Å². The van der Waals surface area contributed by atoms with Crippen LogP contribution in [0.2, 0.25) is 0 Å². The fraction of sp³-hybridized carbons (Fsp3) is 0.296. The van der Waals surface area contributed by atoms with Crippen molar-refractivity contribution in [2.75, 3.05) is 41.9 Å². The van der Waals surface area contributed by atoms with Gasteiger partial charge in [0, 0.05) is 26.2 Å². The summed E-state index contributed by atoms with van der Waals surface area (Å²) in [6, 6.07) is 22.0. The van der Waals surface area contributed by atoms with Crippen molar-refractivity contribution in [3.63, 3.8) is 0 Å². The molecule has 0 bridgehead atoms. The second kappa shape index (κ2) is 10.5. The third-order valence-corrected chi connectivity index (χ3v) is 8.07. The largest absolute Gasteiger partial charge is 0.366 e. The Morgan fingerprint density at radius 3 is 2.09 bits per heavy atom. The van der Waals surface area contributed by atoms with E-state index in [1.807, 2.05) is 17.0 Å². The lowest BCUT2D eigenvalue weighted by atomic mass is 10.0. The Bertz CT molecular complexity index is 1260. The molecule has 1 aliphatic rings. The van der Waals surface area contributed by atoms with Gasteiger partial charge in [-0.1, -0.05) is 56.3 Å². The maximum atomic E-state index is 14.2. The molecule has 8 heteroatoms. The van der Waals surface area contributed by atoms with Crippen LogP contribution in [0.5, 0.6) is 0 Å². The number of hydrogen-bond donors (Lipinski definition) is 0. The number of anilines is 2. The molecule has 0 N–H and O–H groups in total. The number of hydrogen-bond acceptors (Lipinski definition) is 4. The molecule has 1 fully saturated rings. The number of carbonyl (C=O) groups is 1. The van der Waals surface area contributed by atoms with E-state index < -0.39 is 10.0 Å². The molecule has 184 valence electrons. The van der Waals surface area contributed by atoms with Gasteiger partial charge in [-0.15, -0.1) is 0 Å².